The Labute approximate surface area is 103 Å². The number of aromatic nitrogens is 1. The summed E-state index contributed by atoms with van der Waals surface area (Å²) in [5.41, 5.74) is 6.38. The Morgan fingerprint density at radius 1 is 1.56 bits per heavy atom. The highest BCUT2D eigenvalue weighted by Crippen LogP contribution is 2.26. The second kappa shape index (κ2) is 4.72. The number of rotatable bonds is 3. The van der Waals surface area contributed by atoms with Crippen molar-refractivity contribution in [2.45, 2.75) is 13.0 Å². The van der Waals surface area contributed by atoms with E-state index in [4.69, 9.17) is 17.3 Å². The number of anilines is 2. The van der Waals surface area contributed by atoms with Gasteiger partial charge >= 0.3 is 0 Å². The molecule has 0 aliphatic heterocycles. The number of hydrogen-bond acceptors (Lipinski definition) is 4. The standard InChI is InChI=1S/C11H12ClN3S/c1-7(10-3-2-4-16-10)15-11-9(13)5-8(12)6-14-11/h2-7H,13H2,1H3,(H,14,15). The minimum atomic E-state index is 0.191. The number of nitrogen functional groups attached to an aromatic ring is 1. The lowest BCUT2D eigenvalue weighted by Crippen LogP contribution is -2.08. The molecule has 0 spiro atoms. The van der Waals surface area contributed by atoms with E-state index in [0.717, 1.165) is 0 Å². The first-order chi connectivity index (χ1) is 7.66. The van der Waals surface area contributed by atoms with Crippen LogP contribution in [0.5, 0.6) is 0 Å². The van der Waals surface area contributed by atoms with Crippen molar-refractivity contribution in [3.8, 4) is 0 Å². The van der Waals surface area contributed by atoms with E-state index >= 15 is 0 Å². The van der Waals surface area contributed by atoms with Gasteiger partial charge in [-0.2, -0.15) is 0 Å². The van der Waals surface area contributed by atoms with Crippen LogP contribution in [0.4, 0.5) is 11.5 Å². The third-order valence-corrected chi connectivity index (χ3v) is 3.47. The Morgan fingerprint density at radius 2 is 2.38 bits per heavy atom. The minimum Gasteiger partial charge on any atom is -0.396 e. The first-order valence-corrected chi connectivity index (χ1v) is 6.13. The lowest BCUT2D eigenvalue weighted by Gasteiger charge is -2.14. The van der Waals surface area contributed by atoms with Crippen LogP contribution < -0.4 is 11.1 Å². The fourth-order valence-electron chi connectivity index (χ4n) is 1.39. The van der Waals surface area contributed by atoms with Crippen LogP contribution in [0.3, 0.4) is 0 Å². The van der Waals surface area contributed by atoms with Crippen LogP contribution in [0.1, 0.15) is 17.8 Å². The molecular formula is C11H12ClN3S. The van der Waals surface area contributed by atoms with Gasteiger partial charge in [-0.1, -0.05) is 17.7 Å². The van der Waals surface area contributed by atoms with E-state index in [-0.39, 0.29) is 6.04 Å². The van der Waals surface area contributed by atoms with Crippen LogP contribution >= 0.6 is 22.9 Å². The lowest BCUT2D eigenvalue weighted by molar-refractivity contribution is 0.897. The Bertz CT molecular complexity index is 470. The monoisotopic (exact) mass is 253 g/mol. The van der Waals surface area contributed by atoms with Gasteiger partial charge in [0.15, 0.2) is 0 Å². The zero-order valence-corrected chi connectivity index (χ0v) is 10.3. The maximum Gasteiger partial charge on any atom is 0.149 e. The molecule has 1 atom stereocenters. The van der Waals surface area contributed by atoms with Crippen molar-refractivity contribution >= 4 is 34.4 Å². The quantitative estimate of drug-likeness (QED) is 0.880. The molecule has 2 aromatic heterocycles. The van der Waals surface area contributed by atoms with Gasteiger partial charge < -0.3 is 11.1 Å². The molecule has 0 amide bonds. The molecule has 1 unspecified atom stereocenters. The Balaban J connectivity index is 2.15. The first-order valence-electron chi connectivity index (χ1n) is 4.88. The van der Waals surface area contributed by atoms with Crippen molar-refractivity contribution < 1.29 is 0 Å². The third-order valence-electron chi connectivity index (χ3n) is 2.21. The number of nitrogens with one attached hydrogen (secondary N) is 1. The van der Waals surface area contributed by atoms with Crippen LogP contribution in [0.2, 0.25) is 5.02 Å². The molecule has 84 valence electrons. The molecule has 2 rings (SSSR count). The average Bonchev–Trinajstić information content (AvgIpc) is 2.75. The molecule has 0 saturated heterocycles. The number of pyridine rings is 1. The first kappa shape index (κ1) is 11.2. The smallest absolute Gasteiger partial charge is 0.149 e. The molecule has 0 aliphatic carbocycles. The molecule has 0 aliphatic rings. The Morgan fingerprint density at radius 3 is 3.00 bits per heavy atom. The van der Waals surface area contributed by atoms with E-state index in [2.05, 4.69) is 23.3 Å². The zero-order chi connectivity index (χ0) is 11.5. The fourth-order valence-corrected chi connectivity index (χ4v) is 2.29. The minimum absolute atomic E-state index is 0.191. The van der Waals surface area contributed by atoms with Gasteiger partial charge in [0, 0.05) is 11.1 Å². The number of thiophene rings is 1. The van der Waals surface area contributed by atoms with Crippen molar-refractivity contribution in [2.24, 2.45) is 0 Å². The summed E-state index contributed by atoms with van der Waals surface area (Å²) in [6.07, 6.45) is 1.58. The van der Waals surface area contributed by atoms with Crippen molar-refractivity contribution in [3.63, 3.8) is 0 Å². The summed E-state index contributed by atoms with van der Waals surface area (Å²) >= 11 is 7.49. The van der Waals surface area contributed by atoms with Gasteiger partial charge in [-0.3, -0.25) is 0 Å². The Hall–Kier alpha value is -1.26. The average molecular weight is 254 g/mol. The van der Waals surface area contributed by atoms with E-state index in [1.165, 1.54) is 4.88 Å². The summed E-state index contributed by atoms with van der Waals surface area (Å²) in [6, 6.07) is 5.99. The van der Waals surface area contributed by atoms with E-state index in [9.17, 15) is 0 Å². The van der Waals surface area contributed by atoms with E-state index in [0.29, 0.717) is 16.5 Å². The largest absolute Gasteiger partial charge is 0.396 e. The molecule has 0 bridgehead atoms. The van der Waals surface area contributed by atoms with Gasteiger partial charge in [-0.25, -0.2) is 4.98 Å². The fraction of sp³-hybridized carbons (Fsp3) is 0.182. The normalized spacial score (nSPS) is 12.4. The summed E-state index contributed by atoms with van der Waals surface area (Å²) in [5.74, 6) is 0.672. The van der Waals surface area contributed by atoms with Crippen LogP contribution in [0, 0.1) is 0 Å². The maximum absolute atomic E-state index is 5.82. The molecule has 0 fully saturated rings. The number of nitrogens with zero attached hydrogens (tertiary/aromatic N) is 1. The van der Waals surface area contributed by atoms with Crippen molar-refractivity contribution in [1.82, 2.24) is 4.98 Å². The van der Waals surface area contributed by atoms with Gasteiger partial charge in [0.25, 0.3) is 0 Å². The van der Waals surface area contributed by atoms with Gasteiger partial charge in [-0.05, 0) is 24.4 Å². The topological polar surface area (TPSA) is 50.9 Å². The Kier molecular flexibility index (Phi) is 3.31. The highest BCUT2D eigenvalue weighted by atomic mass is 35.5. The van der Waals surface area contributed by atoms with Gasteiger partial charge in [0.2, 0.25) is 0 Å². The van der Waals surface area contributed by atoms with Crippen LogP contribution in [0.15, 0.2) is 29.8 Å². The van der Waals surface area contributed by atoms with Crippen LogP contribution in [-0.2, 0) is 0 Å². The molecule has 0 radical (unpaired) electrons. The number of nitrogens with two attached hydrogens (primary N) is 1. The molecule has 3 N–H and O–H groups in total. The lowest BCUT2D eigenvalue weighted by atomic mass is 10.2. The highest BCUT2D eigenvalue weighted by Gasteiger charge is 2.09. The molecule has 2 aromatic rings. The second-order valence-electron chi connectivity index (χ2n) is 3.47. The SMILES string of the molecule is CC(Nc1ncc(Cl)cc1N)c1cccs1. The summed E-state index contributed by atoms with van der Waals surface area (Å²) in [4.78, 5) is 5.41. The summed E-state index contributed by atoms with van der Waals surface area (Å²) < 4.78 is 0. The van der Waals surface area contributed by atoms with E-state index in [1.807, 2.05) is 11.4 Å². The van der Waals surface area contributed by atoms with Crippen LogP contribution in [-0.4, -0.2) is 4.98 Å². The van der Waals surface area contributed by atoms with Crippen molar-refractivity contribution in [2.75, 3.05) is 11.1 Å². The molecular weight excluding hydrogens is 242 g/mol. The predicted octanol–water partition coefficient (Wildman–Crippen LogP) is 3.55. The number of halogens is 1. The maximum atomic E-state index is 5.82. The molecule has 0 aromatic carbocycles. The van der Waals surface area contributed by atoms with Crippen molar-refractivity contribution in [3.05, 3.63) is 39.7 Å². The predicted molar refractivity (Wildman–Crippen MR) is 70.0 cm³/mol. The molecule has 3 nitrogen and oxygen atoms in total. The van der Waals surface area contributed by atoms with Gasteiger partial charge in [-0.15, -0.1) is 11.3 Å². The van der Waals surface area contributed by atoms with Gasteiger partial charge in [0.05, 0.1) is 16.8 Å². The summed E-state index contributed by atoms with van der Waals surface area (Å²) in [5, 5.41) is 5.85. The summed E-state index contributed by atoms with van der Waals surface area (Å²) in [7, 11) is 0. The molecule has 16 heavy (non-hydrogen) atoms. The molecule has 0 saturated carbocycles. The third kappa shape index (κ3) is 2.46. The van der Waals surface area contributed by atoms with Crippen LogP contribution in [0.25, 0.3) is 0 Å². The number of hydrogen-bond donors (Lipinski definition) is 2. The highest BCUT2D eigenvalue weighted by molar-refractivity contribution is 7.10. The van der Waals surface area contributed by atoms with E-state index in [1.54, 1.807) is 23.6 Å². The zero-order valence-electron chi connectivity index (χ0n) is 8.77. The second-order valence-corrected chi connectivity index (χ2v) is 4.89. The molecule has 2 heterocycles. The van der Waals surface area contributed by atoms with Crippen molar-refractivity contribution in [1.29, 1.82) is 0 Å². The summed E-state index contributed by atoms with van der Waals surface area (Å²) in [6.45, 7) is 2.07. The van der Waals surface area contributed by atoms with E-state index < -0.39 is 0 Å². The molecule has 5 heteroatoms. The van der Waals surface area contributed by atoms with Gasteiger partial charge in [0.1, 0.15) is 5.82 Å².